The number of benzene rings is 2. The van der Waals surface area contributed by atoms with Crippen LogP contribution < -0.4 is 10.6 Å². The molecule has 2 aromatic carbocycles. The molecule has 118 valence electrons. The van der Waals surface area contributed by atoms with Gasteiger partial charge in [-0.1, -0.05) is 29.8 Å². The van der Waals surface area contributed by atoms with Crippen LogP contribution in [0.2, 0.25) is 5.02 Å². The molecular formula is C18H19ClN4. The molecule has 23 heavy (non-hydrogen) atoms. The fourth-order valence-corrected chi connectivity index (χ4v) is 2.54. The van der Waals surface area contributed by atoms with Gasteiger partial charge in [-0.15, -0.1) is 0 Å². The molecule has 4 nitrogen and oxygen atoms in total. The van der Waals surface area contributed by atoms with E-state index in [0.29, 0.717) is 11.0 Å². The zero-order valence-corrected chi connectivity index (χ0v) is 14.1. The molecule has 0 radical (unpaired) electrons. The van der Waals surface area contributed by atoms with Crippen molar-refractivity contribution in [3.05, 3.63) is 53.1 Å². The van der Waals surface area contributed by atoms with Gasteiger partial charge in [0.1, 0.15) is 5.82 Å². The molecule has 0 aliphatic carbocycles. The van der Waals surface area contributed by atoms with Gasteiger partial charge in [0.05, 0.1) is 5.52 Å². The molecule has 0 atom stereocenters. The Morgan fingerprint density at radius 1 is 1.04 bits per heavy atom. The molecule has 2 N–H and O–H groups in total. The third-order valence-electron chi connectivity index (χ3n) is 3.47. The lowest BCUT2D eigenvalue weighted by molar-refractivity contribution is 0.891. The van der Waals surface area contributed by atoms with E-state index in [0.717, 1.165) is 28.0 Å². The second-order valence-electron chi connectivity index (χ2n) is 5.80. The molecule has 1 aromatic heterocycles. The first-order valence-corrected chi connectivity index (χ1v) is 7.97. The minimum atomic E-state index is 0.286. The van der Waals surface area contributed by atoms with E-state index in [-0.39, 0.29) is 6.04 Å². The molecule has 0 aliphatic heterocycles. The number of hydrogen-bond acceptors (Lipinski definition) is 4. The first kappa shape index (κ1) is 15.6. The van der Waals surface area contributed by atoms with Crippen LogP contribution in [0.4, 0.5) is 17.5 Å². The summed E-state index contributed by atoms with van der Waals surface area (Å²) in [6, 6.07) is 14.0. The van der Waals surface area contributed by atoms with Crippen molar-refractivity contribution < 1.29 is 0 Å². The zero-order valence-electron chi connectivity index (χ0n) is 13.4. The molecule has 3 aromatic rings. The topological polar surface area (TPSA) is 49.8 Å². The number of aryl methyl sites for hydroxylation is 1. The Labute approximate surface area is 140 Å². The summed E-state index contributed by atoms with van der Waals surface area (Å²) >= 11 is 6.09. The predicted octanol–water partition coefficient (Wildman–Crippen LogP) is 5.16. The summed E-state index contributed by atoms with van der Waals surface area (Å²) in [5.74, 6) is 1.38. The predicted molar refractivity (Wildman–Crippen MR) is 97.8 cm³/mol. The Kier molecular flexibility index (Phi) is 4.35. The van der Waals surface area contributed by atoms with Crippen LogP contribution in [0.1, 0.15) is 19.4 Å². The van der Waals surface area contributed by atoms with Gasteiger partial charge >= 0.3 is 0 Å². The van der Waals surface area contributed by atoms with E-state index in [1.165, 1.54) is 0 Å². The number of rotatable bonds is 4. The monoisotopic (exact) mass is 326 g/mol. The van der Waals surface area contributed by atoms with Crippen LogP contribution in [-0.4, -0.2) is 16.0 Å². The maximum Gasteiger partial charge on any atom is 0.229 e. The number of para-hydroxylation sites is 1. The molecule has 0 saturated heterocycles. The second-order valence-corrected chi connectivity index (χ2v) is 6.23. The molecule has 0 unspecified atom stereocenters. The number of aromatic nitrogens is 2. The largest absolute Gasteiger partial charge is 0.367 e. The van der Waals surface area contributed by atoms with Gasteiger partial charge < -0.3 is 10.6 Å². The summed E-state index contributed by atoms with van der Waals surface area (Å²) < 4.78 is 0. The smallest absolute Gasteiger partial charge is 0.229 e. The Morgan fingerprint density at radius 3 is 2.61 bits per heavy atom. The van der Waals surface area contributed by atoms with E-state index < -0.39 is 0 Å². The summed E-state index contributed by atoms with van der Waals surface area (Å²) in [5, 5.41) is 8.34. The van der Waals surface area contributed by atoms with E-state index in [1.54, 1.807) is 0 Å². The first-order chi connectivity index (χ1) is 11.0. The zero-order chi connectivity index (χ0) is 16.4. The minimum Gasteiger partial charge on any atom is -0.367 e. The molecule has 0 fully saturated rings. The number of hydrogen-bond donors (Lipinski definition) is 2. The van der Waals surface area contributed by atoms with E-state index in [4.69, 9.17) is 11.6 Å². The quantitative estimate of drug-likeness (QED) is 0.695. The van der Waals surface area contributed by atoms with Crippen molar-refractivity contribution in [2.75, 3.05) is 10.6 Å². The van der Waals surface area contributed by atoms with E-state index in [9.17, 15) is 0 Å². The highest BCUT2D eigenvalue weighted by Crippen LogP contribution is 2.26. The highest BCUT2D eigenvalue weighted by Gasteiger charge is 2.09. The Morgan fingerprint density at radius 2 is 1.83 bits per heavy atom. The van der Waals surface area contributed by atoms with Crippen molar-refractivity contribution in [2.24, 2.45) is 0 Å². The van der Waals surface area contributed by atoms with Gasteiger partial charge in [0.25, 0.3) is 0 Å². The average molecular weight is 327 g/mol. The fourth-order valence-electron chi connectivity index (χ4n) is 2.37. The molecule has 0 amide bonds. The highest BCUT2D eigenvalue weighted by atomic mass is 35.5. The number of halogens is 1. The van der Waals surface area contributed by atoms with Gasteiger partial charge in [-0.25, -0.2) is 4.98 Å². The SMILES string of the molecule is Cc1ccc(Cl)cc1Nc1nc(NC(C)C)c2ccccc2n1. The highest BCUT2D eigenvalue weighted by molar-refractivity contribution is 6.30. The summed E-state index contributed by atoms with van der Waals surface area (Å²) in [6.45, 7) is 6.20. The molecule has 3 rings (SSSR count). The number of anilines is 3. The van der Waals surface area contributed by atoms with Crippen LogP contribution in [0.3, 0.4) is 0 Å². The molecule has 0 bridgehead atoms. The molecule has 5 heteroatoms. The summed E-state index contributed by atoms with van der Waals surface area (Å²) in [7, 11) is 0. The molecule has 0 spiro atoms. The third-order valence-corrected chi connectivity index (χ3v) is 3.71. The second kappa shape index (κ2) is 6.42. The standard InChI is InChI=1S/C18H19ClN4/c1-11(2)20-17-14-6-4-5-7-15(14)21-18(23-17)22-16-10-13(19)9-8-12(16)3/h4-11H,1-3H3,(H2,20,21,22,23). The maximum absolute atomic E-state index is 6.09. The lowest BCUT2D eigenvalue weighted by atomic mass is 10.2. The number of fused-ring (bicyclic) bond motifs is 1. The molecular weight excluding hydrogens is 308 g/mol. The van der Waals surface area contributed by atoms with Gasteiger partial charge in [-0.3, -0.25) is 0 Å². The van der Waals surface area contributed by atoms with Crippen molar-refractivity contribution in [2.45, 2.75) is 26.8 Å². The van der Waals surface area contributed by atoms with Crippen LogP contribution in [0, 0.1) is 6.92 Å². The van der Waals surface area contributed by atoms with Gasteiger partial charge in [0.15, 0.2) is 0 Å². The van der Waals surface area contributed by atoms with Gasteiger partial charge in [0, 0.05) is 22.1 Å². The van der Waals surface area contributed by atoms with Crippen LogP contribution in [0.25, 0.3) is 10.9 Å². The van der Waals surface area contributed by atoms with Crippen LogP contribution >= 0.6 is 11.6 Å². The number of nitrogens with one attached hydrogen (secondary N) is 2. The Bertz CT molecular complexity index is 846. The van der Waals surface area contributed by atoms with Crippen LogP contribution in [0.15, 0.2) is 42.5 Å². The third kappa shape index (κ3) is 3.54. The van der Waals surface area contributed by atoms with Crippen molar-refractivity contribution in [1.29, 1.82) is 0 Å². The van der Waals surface area contributed by atoms with Gasteiger partial charge in [-0.2, -0.15) is 4.98 Å². The summed E-state index contributed by atoms with van der Waals surface area (Å²) in [5.41, 5.74) is 2.89. The van der Waals surface area contributed by atoms with E-state index >= 15 is 0 Å². The maximum atomic E-state index is 6.09. The first-order valence-electron chi connectivity index (χ1n) is 7.59. The normalized spacial score (nSPS) is 11.0. The molecule has 0 aliphatic rings. The summed E-state index contributed by atoms with van der Waals surface area (Å²) in [6.07, 6.45) is 0. The van der Waals surface area contributed by atoms with Gasteiger partial charge in [-0.05, 0) is 50.6 Å². The average Bonchev–Trinajstić information content (AvgIpc) is 2.50. The minimum absolute atomic E-state index is 0.286. The molecule has 1 heterocycles. The van der Waals surface area contributed by atoms with Crippen molar-refractivity contribution in [1.82, 2.24) is 9.97 Å². The van der Waals surface area contributed by atoms with Crippen LogP contribution in [-0.2, 0) is 0 Å². The van der Waals surface area contributed by atoms with E-state index in [1.807, 2.05) is 49.4 Å². The van der Waals surface area contributed by atoms with E-state index in [2.05, 4.69) is 34.4 Å². The molecule has 0 saturated carbocycles. The summed E-state index contributed by atoms with van der Waals surface area (Å²) in [4.78, 5) is 9.23. The lowest BCUT2D eigenvalue weighted by Crippen LogP contribution is -2.12. The van der Waals surface area contributed by atoms with Crippen LogP contribution in [0.5, 0.6) is 0 Å². The Balaban J connectivity index is 2.05. The van der Waals surface area contributed by atoms with Crippen molar-refractivity contribution in [3.8, 4) is 0 Å². The lowest BCUT2D eigenvalue weighted by Gasteiger charge is -2.14. The van der Waals surface area contributed by atoms with Gasteiger partial charge in [0.2, 0.25) is 5.95 Å². The fraction of sp³-hybridized carbons (Fsp3) is 0.222. The number of nitrogens with zero attached hydrogens (tertiary/aromatic N) is 2. The Hall–Kier alpha value is -2.33. The van der Waals surface area contributed by atoms with Crippen molar-refractivity contribution in [3.63, 3.8) is 0 Å². The van der Waals surface area contributed by atoms with Crippen molar-refractivity contribution >= 4 is 40.0 Å².